The molecule has 0 amide bonds. The zero-order chi connectivity index (χ0) is 11.5. The van der Waals surface area contributed by atoms with E-state index in [1.165, 1.54) is 6.07 Å². The van der Waals surface area contributed by atoms with E-state index in [0.717, 1.165) is 32.0 Å². The van der Waals surface area contributed by atoms with Crippen molar-refractivity contribution in [1.82, 2.24) is 0 Å². The topological polar surface area (TPSA) is 12.5 Å². The molecule has 2 rings (SSSR count). The summed E-state index contributed by atoms with van der Waals surface area (Å²) in [7, 11) is 0. The van der Waals surface area contributed by atoms with Crippen LogP contribution in [0.5, 0.6) is 5.75 Å². The van der Waals surface area contributed by atoms with Crippen LogP contribution in [0.1, 0.15) is 19.8 Å². The average Bonchev–Trinajstić information content (AvgIpc) is 2.75. The highest BCUT2D eigenvalue weighted by Crippen LogP contribution is 2.34. The Morgan fingerprint density at radius 1 is 1.25 bits per heavy atom. The molecule has 0 atom stereocenters. The van der Waals surface area contributed by atoms with Crippen LogP contribution in [0.15, 0.2) is 12.1 Å². The summed E-state index contributed by atoms with van der Waals surface area (Å²) in [5, 5.41) is 0. The predicted molar refractivity (Wildman–Crippen MR) is 59.0 cm³/mol. The van der Waals surface area contributed by atoms with Crippen molar-refractivity contribution in [1.29, 1.82) is 0 Å². The molecule has 0 bridgehead atoms. The number of rotatable bonds is 3. The Bertz CT molecular complexity index is 376. The van der Waals surface area contributed by atoms with Gasteiger partial charge in [0.25, 0.3) is 0 Å². The van der Waals surface area contributed by atoms with Gasteiger partial charge < -0.3 is 9.64 Å². The molecule has 1 heterocycles. The molecule has 1 saturated heterocycles. The number of benzene rings is 1. The maximum Gasteiger partial charge on any atom is 0.178 e. The first-order valence-electron chi connectivity index (χ1n) is 5.59. The van der Waals surface area contributed by atoms with Crippen LogP contribution in [0.25, 0.3) is 0 Å². The summed E-state index contributed by atoms with van der Waals surface area (Å²) in [5.41, 5.74) is 0.539. The number of ether oxygens (including phenoxy) is 1. The first kappa shape index (κ1) is 11.2. The van der Waals surface area contributed by atoms with E-state index in [-0.39, 0.29) is 5.75 Å². The maximum atomic E-state index is 13.6. The molecule has 16 heavy (non-hydrogen) atoms. The Labute approximate surface area is 93.8 Å². The third-order valence-corrected chi connectivity index (χ3v) is 2.72. The monoisotopic (exact) mass is 227 g/mol. The first-order valence-corrected chi connectivity index (χ1v) is 5.59. The van der Waals surface area contributed by atoms with E-state index in [1.807, 2.05) is 4.90 Å². The summed E-state index contributed by atoms with van der Waals surface area (Å²) >= 11 is 0. The molecule has 0 saturated carbocycles. The molecule has 0 aliphatic carbocycles. The number of hydrogen-bond acceptors (Lipinski definition) is 2. The SMILES string of the molecule is CCOc1c(F)cc(F)cc1N1CCCC1. The summed E-state index contributed by atoms with van der Waals surface area (Å²) in [5.74, 6) is -1.00. The van der Waals surface area contributed by atoms with Crippen molar-refractivity contribution in [2.24, 2.45) is 0 Å². The van der Waals surface area contributed by atoms with E-state index < -0.39 is 11.6 Å². The van der Waals surface area contributed by atoms with Crippen LogP contribution in [0.2, 0.25) is 0 Å². The van der Waals surface area contributed by atoms with Gasteiger partial charge in [0.05, 0.1) is 12.3 Å². The Hall–Kier alpha value is -1.32. The molecule has 0 radical (unpaired) electrons. The van der Waals surface area contributed by atoms with Crippen molar-refractivity contribution >= 4 is 5.69 Å². The number of anilines is 1. The molecule has 88 valence electrons. The van der Waals surface area contributed by atoms with Crippen molar-refractivity contribution in [2.75, 3.05) is 24.6 Å². The lowest BCUT2D eigenvalue weighted by Crippen LogP contribution is -2.19. The lowest BCUT2D eigenvalue weighted by atomic mass is 10.2. The van der Waals surface area contributed by atoms with Crippen molar-refractivity contribution in [3.8, 4) is 5.75 Å². The van der Waals surface area contributed by atoms with Crippen LogP contribution < -0.4 is 9.64 Å². The molecule has 0 spiro atoms. The van der Waals surface area contributed by atoms with Crippen LogP contribution in [0.4, 0.5) is 14.5 Å². The second kappa shape index (κ2) is 4.68. The average molecular weight is 227 g/mol. The highest BCUT2D eigenvalue weighted by atomic mass is 19.1. The fourth-order valence-corrected chi connectivity index (χ4v) is 2.03. The predicted octanol–water partition coefficient (Wildman–Crippen LogP) is 2.96. The van der Waals surface area contributed by atoms with Gasteiger partial charge in [-0.3, -0.25) is 0 Å². The molecule has 1 aliphatic heterocycles. The van der Waals surface area contributed by atoms with Gasteiger partial charge in [-0.1, -0.05) is 0 Å². The van der Waals surface area contributed by atoms with Gasteiger partial charge in [-0.25, -0.2) is 8.78 Å². The van der Waals surface area contributed by atoms with Crippen LogP contribution in [-0.4, -0.2) is 19.7 Å². The van der Waals surface area contributed by atoms with Crippen LogP contribution in [0.3, 0.4) is 0 Å². The zero-order valence-corrected chi connectivity index (χ0v) is 9.30. The van der Waals surface area contributed by atoms with Gasteiger partial charge in [0.15, 0.2) is 11.6 Å². The van der Waals surface area contributed by atoms with Gasteiger partial charge in [0.2, 0.25) is 0 Å². The second-order valence-corrected chi connectivity index (χ2v) is 3.86. The molecule has 4 heteroatoms. The quantitative estimate of drug-likeness (QED) is 0.787. The van der Waals surface area contributed by atoms with E-state index in [0.29, 0.717) is 12.3 Å². The summed E-state index contributed by atoms with van der Waals surface area (Å²) in [4.78, 5) is 1.97. The zero-order valence-electron chi connectivity index (χ0n) is 9.30. The lowest BCUT2D eigenvalue weighted by molar-refractivity contribution is 0.321. The fraction of sp³-hybridized carbons (Fsp3) is 0.500. The first-order chi connectivity index (χ1) is 7.72. The summed E-state index contributed by atoms with van der Waals surface area (Å²) < 4.78 is 32.0. The van der Waals surface area contributed by atoms with E-state index >= 15 is 0 Å². The molecular formula is C12H15F2NO. The Balaban J connectivity index is 2.39. The van der Waals surface area contributed by atoms with Crippen molar-refractivity contribution in [2.45, 2.75) is 19.8 Å². The lowest BCUT2D eigenvalue weighted by Gasteiger charge is -2.21. The molecular weight excluding hydrogens is 212 g/mol. The van der Waals surface area contributed by atoms with E-state index in [1.54, 1.807) is 6.92 Å². The molecule has 0 unspecified atom stereocenters. The van der Waals surface area contributed by atoms with Crippen molar-refractivity contribution < 1.29 is 13.5 Å². The molecule has 2 nitrogen and oxygen atoms in total. The molecule has 1 aromatic rings. The Morgan fingerprint density at radius 2 is 1.94 bits per heavy atom. The summed E-state index contributed by atoms with van der Waals surface area (Å²) in [6.45, 7) is 3.84. The van der Waals surface area contributed by atoms with E-state index in [9.17, 15) is 8.78 Å². The standard InChI is InChI=1S/C12H15F2NO/c1-2-16-12-10(14)7-9(13)8-11(12)15-5-3-4-6-15/h7-8H,2-6H2,1H3. The number of nitrogens with zero attached hydrogens (tertiary/aromatic N) is 1. The van der Waals surface area contributed by atoms with Crippen molar-refractivity contribution in [3.05, 3.63) is 23.8 Å². The van der Waals surface area contributed by atoms with Crippen LogP contribution in [-0.2, 0) is 0 Å². The molecule has 1 aromatic carbocycles. The number of hydrogen-bond donors (Lipinski definition) is 0. The van der Waals surface area contributed by atoms with Gasteiger partial charge in [-0.05, 0) is 19.8 Å². The smallest absolute Gasteiger partial charge is 0.178 e. The molecule has 0 N–H and O–H groups in total. The Kier molecular flexibility index (Phi) is 3.27. The van der Waals surface area contributed by atoms with Crippen LogP contribution in [0, 0.1) is 11.6 Å². The highest BCUT2D eigenvalue weighted by molar-refractivity contribution is 5.59. The molecule has 0 aromatic heterocycles. The largest absolute Gasteiger partial charge is 0.489 e. The number of halogens is 2. The minimum Gasteiger partial charge on any atom is -0.489 e. The highest BCUT2D eigenvalue weighted by Gasteiger charge is 2.20. The minimum atomic E-state index is -0.622. The third-order valence-electron chi connectivity index (χ3n) is 2.72. The maximum absolute atomic E-state index is 13.6. The Morgan fingerprint density at radius 3 is 2.56 bits per heavy atom. The van der Waals surface area contributed by atoms with Gasteiger partial charge in [0, 0.05) is 25.2 Å². The van der Waals surface area contributed by atoms with E-state index in [4.69, 9.17) is 4.74 Å². The van der Waals surface area contributed by atoms with Gasteiger partial charge in [0.1, 0.15) is 5.82 Å². The molecule has 1 aliphatic rings. The second-order valence-electron chi connectivity index (χ2n) is 3.86. The van der Waals surface area contributed by atoms with Crippen molar-refractivity contribution in [3.63, 3.8) is 0 Å². The third kappa shape index (κ3) is 2.10. The normalized spacial score (nSPS) is 15.6. The summed E-state index contributed by atoms with van der Waals surface area (Å²) in [6.07, 6.45) is 2.12. The van der Waals surface area contributed by atoms with Gasteiger partial charge in [-0.15, -0.1) is 0 Å². The minimum absolute atomic E-state index is 0.172. The van der Waals surface area contributed by atoms with E-state index in [2.05, 4.69) is 0 Å². The summed E-state index contributed by atoms with van der Waals surface area (Å²) in [6, 6.07) is 2.21. The molecule has 1 fully saturated rings. The van der Waals surface area contributed by atoms with Gasteiger partial charge in [-0.2, -0.15) is 0 Å². The van der Waals surface area contributed by atoms with Crippen LogP contribution >= 0.6 is 0 Å². The van der Waals surface area contributed by atoms with Gasteiger partial charge >= 0.3 is 0 Å². The fourth-order valence-electron chi connectivity index (χ4n) is 2.03.